The lowest BCUT2D eigenvalue weighted by atomic mass is 9.85. The number of hydrogen-bond donors (Lipinski definition) is 0. The Morgan fingerprint density at radius 1 is 0.202 bits per heavy atom. The second kappa shape index (κ2) is 25.7. The number of para-hydroxylation sites is 2. The van der Waals surface area contributed by atoms with E-state index in [1.807, 2.05) is 24.3 Å². The quantitative estimate of drug-likeness (QED) is 0.0798. The van der Waals surface area contributed by atoms with Gasteiger partial charge in [0.15, 0.2) is 5.78 Å². The van der Waals surface area contributed by atoms with E-state index in [0.717, 1.165) is 88.4 Å². The average molecular weight is 1240 g/mol. The molecule has 14 aromatic rings. The van der Waals surface area contributed by atoms with Crippen LogP contribution in [-0.2, 0) is 0 Å². The molecule has 444 valence electrons. The third kappa shape index (κ3) is 11.3. The predicted molar refractivity (Wildman–Crippen MR) is 393 cm³/mol. The van der Waals surface area contributed by atoms with Crippen LogP contribution in [0.15, 0.2) is 384 Å². The predicted octanol–water partition coefficient (Wildman–Crippen LogP) is 24.1. The zero-order chi connectivity index (χ0) is 62.7. The van der Waals surface area contributed by atoms with Crippen LogP contribution in [0.5, 0.6) is 0 Å². The van der Waals surface area contributed by atoms with Crippen molar-refractivity contribution in [3.63, 3.8) is 0 Å². The van der Waals surface area contributed by atoms with Crippen molar-refractivity contribution in [1.29, 1.82) is 0 Å². The first-order chi connectivity index (χ1) is 46.5. The Balaban J connectivity index is 0.663. The fraction of sp³-hybridized carbons (Fsp3) is 0. The molecule has 94 heavy (non-hydrogen) atoms. The number of nitrogens with zero attached hydrogens (tertiary/aromatic N) is 2. The molecule has 0 atom stereocenters. The Labute approximate surface area is 558 Å². The van der Waals surface area contributed by atoms with Gasteiger partial charge in [-0.25, -0.2) is 0 Å². The highest BCUT2D eigenvalue weighted by Gasteiger charge is 2.28. The highest BCUT2D eigenvalue weighted by molar-refractivity contribution is 8.00. The third-order valence-electron chi connectivity index (χ3n) is 17.7. The Morgan fingerprint density at radius 2 is 0.436 bits per heavy atom. The second-order valence-corrected chi connectivity index (χ2v) is 25.6. The van der Waals surface area contributed by atoms with Crippen LogP contribution in [0.25, 0.3) is 44.5 Å². The summed E-state index contributed by atoms with van der Waals surface area (Å²) < 4.78 is 0. The molecule has 0 bridgehead atoms. The SMILES string of the molecule is O=C(c1ccc(N2c3ccccc3Sc3cc(-c4ccc(C(=C(c5ccccc5)c5ccccc5)c5ccccc5)cc4)ccc32)cc1)c1ccc(N2c3ccccc3Sc3cc(-c4ccc(C(=C(c5ccccc5)c5ccccc5)c5ccccc5)cc4)ccc32)cc1. The highest BCUT2D eigenvalue weighted by atomic mass is 32.2. The molecule has 2 aliphatic rings. The van der Waals surface area contributed by atoms with E-state index in [0.29, 0.717) is 11.1 Å². The lowest BCUT2D eigenvalue weighted by Crippen LogP contribution is -2.15. The van der Waals surface area contributed by atoms with E-state index in [-0.39, 0.29) is 5.78 Å². The van der Waals surface area contributed by atoms with Crippen molar-refractivity contribution in [3.8, 4) is 22.3 Å². The summed E-state index contributed by atoms with van der Waals surface area (Å²) in [4.78, 5) is 23.8. The van der Waals surface area contributed by atoms with Gasteiger partial charge in [0.1, 0.15) is 0 Å². The molecule has 0 saturated carbocycles. The summed E-state index contributed by atoms with van der Waals surface area (Å²) in [6.07, 6.45) is 0. The van der Waals surface area contributed by atoms with E-state index in [2.05, 4.69) is 350 Å². The van der Waals surface area contributed by atoms with Gasteiger partial charge in [0.2, 0.25) is 0 Å². The topological polar surface area (TPSA) is 23.6 Å². The largest absolute Gasteiger partial charge is 0.308 e. The van der Waals surface area contributed by atoms with E-state index in [1.165, 1.54) is 54.3 Å². The first kappa shape index (κ1) is 57.7. The average Bonchev–Trinajstić information content (AvgIpc) is 0.776. The second-order valence-electron chi connectivity index (χ2n) is 23.4. The Morgan fingerprint density at radius 3 is 0.734 bits per heavy atom. The summed E-state index contributed by atoms with van der Waals surface area (Å²) in [7, 11) is 0. The van der Waals surface area contributed by atoms with Crippen LogP contribution in [0.3, 0.4) is 0 Å². The molecule has 0 unspecified atom stereocenters. The van der Waals surface area contributed by atoms with Crippen molar-refractivity contribution >= 4 is 85.7 Å². The molecule has 16 rings (SSSR count). The maximum atomic E-state index is 14.5. The molecule has 0 N–H and O–H groups in total. The molecule has 2 heterocycles. The molecule has 0 aromatic heterocycles. The molecular weight excluding hydrogens is 1180 g/mol. The van der Waals surface area contributed by atoms with Gasteiger partial charge in [0, 0.05) is 42.1 Å². The standard InChI is InChI=1S/C89H60N2OS2/c92-89(71-47-53-75(54-48-71)90-77-35-19-21-37-81(77)93-83-59-73(51-57-79(83)90)61-39-43-69(44-40-61)87(67-31-15-5-16-32-67)85(63-23-7-1-8-24-63)64-25-9-2-10-26-64)72-49-55-76(56-50-72)91-78-36-20-22-38-82(78)94-84-60-74(52-58-80(84)91)62-41-45-70(46-42-62)88(68-33-17-6-18-34-68)86(65-27-11-3-12-28-65)66-29-13-4-14-30-66/h1-60H. The van der Waals surface area contributed by atoms with Crippen molar-refractivity contribution in [2.75, 3.05) is 9.80 Å². The van der Waals surface area contributed by atoms with Gasteiger partial charge in [0.05, 0.1) is 22.7 Å². The van der Waals surface area contributed by atoms with Crippen LogP contribution in [0.1, 0.15) is 60.4 Å². The molecule has 0 amide bonds. The van der Waals surface area contributed by atoms with Crippen molar-refractivity contribution < 1.29 is 4.79 Å². The molecule has 3 nitrogen and oxygen atoms in total. The van der Waals surface area contributed by atoms with Crippen LogP contribution in [-0.4, -0.2) is 5.78 Å². The molecule has 0 aliphatic carbocycles. The maximum Gasteiger partial charge on any atom is 0.193 e. The molecule has 5 heteroatoms. The van der Waals surface area contributed by atoms with Crippen molar-refractivity contribution in [2.45, 2.75) is 19.6 Å². The lowest BCUT2D eigenvalue weighted by Gasteiger charge is -2.33. The Hall–Kier alpha value is -11.5. The Bertz CT molecular complexity index is 4730. The molecule has 0 saturated heterocycles. The van der Waals surface area contributed by atoms with E-state index in [9.17, 15) is 4.79 Å². The van der Waals surface area contributed by atoms with Crippen LogP contribution < -0.4 is 9.80 Å². The smallest absolute Gasteiger partial charge is 0.193 e. The molecule has 0 radical (unpaired) electrons. The summed E-state index contributed by atoms with van der Waals surface area (Å²) in [6, 6.07) is 129. The van der Waals surface area contributed by atoms with Crippen LogP contribution in [0.2, 0.25) is 0 Å². The van der Waals surface area contributed by atoms with Gasteiger partial charge in [-0.3, -0.25) is 4.79 Å². The highest BCUT2D eigenvalue weighted by Crippen LogP contribution is 2.54. The summed E-state index contributed by atoms with van der Waals surface area (Å²) in [5, 5.41) is 0. The number of carbonyl (C=O) groups is 1. The summed E-state index contributed by atoms with van der Waals surface area (Å²) in [5.41, 5.74) is 26.3. The number of hydrogen-bond acceptors (Lipinski definition) is 5. The van der Waals surface area contributed by atoms with Crippen molar-refractivity contribution in [2.24, 2.45) is 0 Å². The van der Waals surface area contributed by atoms with E-state index in [4.69, 9.17) is 0 Å². The first-order valence-electron chi connectivity index (χ1n) is 31.7. The number of anilines is 6. The van der Waals surface area contributed by atoms with Crippen LogP contribution in [0.4, 0.5) is 34.1 Å². The van der Waals surface area contributed by atoms with Crippen molar-refractivity contribution in [1.82, 2.24) is 0 Å². The van der Waals surface area contributed by atoms with Gasteiger partial charge >= 0.3 is 0 Å². The zero-order valence-electron chi connectivity index (χ0n) is 51.3. The van der Waals surface area contributed by atoms with Gasteiger partial charge in [-0.05, 0) is 186 Å². The monoisotopic (exact) mass is 1240 g/mol. The third-order valence-corrected chi connectivity index (χ3v) is 19.9. The minimum atomic E-state index is -0.0279. The molecule has 0 spiro atoms. The van der Waals surface area contributed by atoms with Gasteiger partial charge in [-0.2, -0.15) is 0 Å². The summed E-state index contributed by atoms with van der Waals surface area (Å²) >= 11 is 3.59. The molecule has 2 aliphatic heterocycles. The van der Waals surface area contributed by atoms with Gasteiger partial charge < -0.3 is 9.80 Å². The maximum absolute atomic E-state index is 14.5. The lowest BCUT2D eigenvalue weighted by molar-refractivity contribution is 0.103. The number of rotatable bonds is 14. The Kier molecular flexibility index (Phi) is 15.7. The van der Waals surface area contributed by atoms with Crippen molar-refractivity contribution in [3.05, 3.63) is 420 Å². The zero-order valence-corrected chi connectivity index (χ0v) is 52.9. The van der Waals surface area contributed by atoms with E-state index < -0.39 is 0 Å². The van der Waals surface area contributed by atoms with E-state index in [1.54, 1.807) is 23.5 Å². The van der Waals surface area contributed by atoms with Gasteiger partial charge in [-0.1, -0.05) is 290 Å². The molecule has 14 aromatic carbocycles. The molecular formula is C89H60N2OS2. The minimum Gasteiger partial charge on any atom is -0.308 e. The summed E-state index contributed by atoms with van der Waals surface area (Å²) in [6.45, 7) is 0. The molecule has 0 fully saturated rings. The number of fused-ring (bicyclic) bond motifs is 4. The van der Waals surface area contributed by atoms with Gasteiger partial charge in [0.25, 0.3) is 0 Å². The normalized spacial score (nSPS) is 12.0. The fourth-order valence-corrected chi connectivity index (χ4v) is 15.4. The number of benzene rings is 14. The van der Waals surface area contributed by atoms with Crippen LogP contribution >= 0.6 is 23.5 Å². The summed E-state index contributed by atoms with van der Waals surface area (Å²) in [5.74, 6) is -0.0279. The number of carbonyl (C=O) groups excluding carboxylic acids is 1. The first-order valence-corrected chi connectivity index (χ1v) is 33.4. The minimum absolute atomic E-state index is 0.0279. The van der Waals surface area contributed by atoms with E-state index >= 15 is 0 Å². The van der Waals surface area contributed by atoms with Gasteiger partial charge in [-0.15, -0.1) is 0 Å². The number of ketones is 1. The fourth-order valence-electron chi connectivity index (χ4n) is 13.2. The van der Waals surface area contributed by atoms with Crippen LogP contribution in [0, 0.1) is 0 Å².